The molecule has 2 aromatic heterocycles. The fourth-order valence-electron chi connectivity index (χ4n) is 1.33. The Morgan fingerprint density at radius 3 is 2.92 bits per heavy atom. The summed E-state index contributed by atoms with van der Waals surface area (Å²) in [5, 5.41) is 0. The van der Waals surface area contributed by atoms with E-state index in [2.05, 4.69) is 15.0 Å². The monoisotopic (exact) mass is 169 g/mol. The largest absolute Gasteiger partial charge is 0.323 e. The van der Waals surface area contributed by atoms with E-state index in [1.54, 1.807) is 6.20 Å². The first-order valence-corrected chi connectivity index (χ1v) is 4.13. The van der Waals surface area contributed by atoms with Gasteiger partial charge < -0.3 is 4.98 Å². The molecule has 0 aliphatic heterocycles. The average molecular weight is 169 g/mol. The van der Waals surface area contributed by atoms with Crippen LogP contribution in [0.25, 0.3) is 16.7 Å². The molecule has 1 aliphatic rings. The second-order valence-electron chi connectivity index (χ2n) is 2.94. The van der Waals surface area contributed by atoms with Crippen molar-refractivity contribution in [3.05, 3.63) is 42.4 Å². The molecule has 2 heterocycles. The van der Waals surface area contributed by atoms with Gasteiger partial charge in [-0.2, -0.15) is 0 Å². The Balaban J connectivity index is 2.22. The molecule has 2 aromatic rings. The van der Waals surface area contributed by atoms with Crippen LogP contribution in [0.2, 0.25) is 0 Å². The van der Waals surface area contributed by atoms with Crippen LogP contribution in [0.1, 0.15) is 5.82 Å². The van der Waals surface area contributed by atoms with E-state index in [4.69, 9.17) is 0 Å². The van der Waals surface area contributed by atoms with E-state index < -0.39 is 0 Å². The van der Waals surface area contributed by atoms with Crippen molar-refractivity contribution in [1.82, 2.24) is 15.0 Å². The van der Waals surface area contributed by atoms with Crippen LogP contribution in [-0.4, -0.2) is 15.0 Å². The third-order valence-corrected chi connectivity index (χ3v) is 2.08. The number of aromatic amines is 1. The van der Waals surface area contributed by atoms with Crippen molar-refractivity contribution in [2.24, 2.45) is 0 Å². The van der Waals surface area contributed by atoms with Crippen LogP contribution in [0.3, 0.4) is 0 Å². The lowest BCUT2D eigenvalue weighted by Crippen LogP contribution is -1.87. The number of aromatic nitrogens is 3. The van der Waals surface area contributed by atoms with E-state index in [9.17, 15) is 0 Å². The Labute approximate surface area is 74.8 Å². The second kappa shape index (κ2) is 2.29. The molecule has 0 saturated carbocycles. The minimum Gasteiger partial charge on any atom is -0.323 e. The molecule has 13 heavy (non-hydrogen) atoms. The van der Waals surface area contributed by atoms with Crippen LogP contribution < -0.4 is 0 Å². The molecule has 1 aliphatic carbocycles. The highest BCUT2D eigenvalue weighted by molar-refractivity contribution is 5.82. The first-order valence-electron chi connectivity index (χ1n) is 4.13. The van der Waals surface area contributed by atoms with Crippen molar-refractivity contribution in [2.75, 3.05) is 0 Å². The van der Waals surface area contributed by atoms with Crippen LogP contribution in [0.5, 0.6) is 0 Å². The smallest absolute Gasteiger partial charge is 0.157 e. The summed E-state index contributed by atoms with van der Waals surface area (Å²) < 4.78 is 0. The zero-order chi connectivity index (χ0) is 8.67. The van der Waals surface area contributed by atoms with Gasteiger partial charge in [-0.1, -0.05) is 18.2 Å². The van der Waals surface area contributed by atoms with Crippen LogP contribution in [0.4, 0.5) is 0 Å². The zero-order valence-corrected chi connectivity index (χ0v) is 6.86. The second-order valence-corrected chi connectivity index (χ2v) is 2.94. The average Bonchev–Trinajstić information content (AvgIpc) is 2.43. The van der Waals surface area contributed by atoms with Gasteiger partial charge in [-0.15, -0.1) is 0 Å². The van der Waals surface area contributed by atoms with Crippen molar-refractivity contribution in [1.29, 1.82) is 0 Å². The number of rotatable bonds is 1. The third-order valence-electron chi connectivity index (χ3n) is 2.08. The fraction of sp³-hybridized carbons (Fsp3) is 0. The van der Waals surface area contributed by atoms with Gasteiger partial charge in [0.05, 0.1) is 0 Å². The summed E-state index contributed by atoms with van der Waals surface area (Å²) in [5.74, 6) is 0.899. The minimum absolute atomic E-state index is 0.846. The highest BCUT2D eigenvalue weighted by atomic mass is 15.0. The van der Waals surface area contributed by atoms with Gasteiger partial charge in [0.15, 0.2) is 5.65 Å². The van der Waals surface area contributed by atoms with Crippen molar-refractivity contribution in [3.8, 4) is 0 Å². The van der Waals surface area contributed by atoms with Gasteiger partial charge in [0, 0.05) is 11.8 Å². The van der Waals surface area contributed by atoms with Crippen LogP contribution in [-0.2, 0) is 0 Å². The molecule has 0 fully saturated rings. The lowest BCUT2D eigenvalue weighted by atomic mass is 10.1. The Morgan fingerprint density at radius 2 is 2.23 bits per heavy atom. The van der Waals surface area contributed by atoms with Gasteiger partial charge >= 0.3 is 0 Å². The number of imidazole rings is 1. The number of pyridine rings is 1. The normalized spacial score (nSPS) is 14.3. The Hall–Kier alpha value is -1.90. The summed E-state index contributed by atoms with van der Waals surface area (Å²) in [7, 11) is 0. The number of nitrogens with zero attached hydrogens (tertiary/aromatic N) is 2. The number of H-pyrrole nitrogens is 1. The predicted octanol–water partition coefficient (Wildman–Crippen LogP) is 1.91. The van der Waals surface area contributed by atoms with Gasteiger partial charge in [-0.25, -0.2) is 9.97 Å². The van der Waals surface area contributed by atoms with Crippen molar-refractivity contribution in [3.63, 3.8) is 0 Å². The maximum absolute atomic E-state index is 4.40. The summed E-state index contributed by atoms with van der Waals surface area (Å²) in [6.07, 6.45) is 7.81. The molecule has 0 spiro atoms. The number of allylic oxidation sites excluding steroid dienone is 4. The SMILES string of the molecule is C1=CC(c2nc3cccnc3[nH]2)=C1. The predicted molar refractivity (Wildman–Crippen MR) is 51.0 cm³/mol. The number of hydrogen-bond acceptors (Lipinski definition) is 2. The third kappa shape index (κ3) is 0.902. The van der Waals surface area contributed by atoms with E-state index >= 15 is 0 Å². The Kier molecular flexibility index (Phi) is 1.16. The molecular weight excluding hydrogens is 162 g/mol. The molecular formula is C10H7N3. The van der Waals surface area contributed by atoms with Gasteiger partial charge in [0.1, 0.15) is 11.3 Å². The first-order chi connectivity index (χ1) is 6.43. The molecule has 0 aromatic carbocycles. The van der Waals surface area contributed by atoms with E-state index in [-0.39, 0.29) is 0 Å². The molecule has 62 valence electrons. The number of hydrogen-bond donors (Lipinski definition) is 1. The molecule has 3 heteroatoms. The zero-order valence-electron chi connectivity index (χ0n) is 6.86. The summed E-state index contributed by atoms with van der Waals surface area (Å²) in [5.41, 5.74) is 2.90. The standard InChI is InChI=1S/C10H7N3/c1-3-7(4-1)9-12-8-5-2-6-11-10(8)13-9/h1-6H,(H,11,12,13). The Bertz CT molecular complexity index is 487. The maximum Gasteiger partial charge on any atom is 0.157 e. The first kappa shape index (κ1) is 6.60. The number of nitrogens with one attached hydrogen (secondary N) is 1. The molecule has 3 rings (SSSR count). The van der Waals surface area contributed by atoms with E-state index in [1.165, 1.54) is 0 Å². The molecule has 0 amide bonds. The molecule has 0 unspecified atom stereocenters. The molecule has 0 atom stereocenters. The van der Waals surface area contributed by atoms with Crippen molar-refractivity contribution >= 4 is 16.7 Å². The van der Waals surface area contributed by atoms with E-state index in [0.29, 0.717) is 0 Å². The topological polar surface area (TPSA) is 41.6 Å². The Morgan fingerprint density at radius 1 is 1.31 bits per heavy atom. The van der Waals surface area contributed by atoms with Gasteiger partial charge in [0.2, 0.25) is 0 Å². The van der Waals surface area contributed by atoms with Gasteiger partial charge in [-0.3, -0.25) is 0 Å². The van der Waals surface area contributed by atoms with Crippen LogP contribution in [0, 0.1) is 0 Å². The molecule has 0 bridgehead atoms. The lowest BCUT2D eigenvalue weighted by Gasteiger charge is -2.00. The molecule has 0 saturated heterocycles. The summed E-state index contributed by atoms with van der Waals surface area (Å²) in [6.45, 7) is 0. The summed E-state index contributed by atoms with van der Waals surface area (Å²) in [6, 6.07) is 3.84. The van der Waals surface area contributed by atoms with Crippen LogP contribution >= 0.6 is 0 Å². The number of fused-ring (bicyclic) bond motifs is 1. The molecule has 1 N–H and O–H groups in total. The van der Waals surface area contributed by atoms with Gasteiger partial charge in [-0.05, 0) is 12.1 Å². The van der Waals surface area contributed by atoms with Crippen molar-refractivity contribution < 1.29 is 0 Å². The fourth-order valence-corrected chi connectivity index (χ4v) is 1.33. The quantitative estimate of drug-likeness (QED) is 0.708. The highest BCUT2D eigenvalue weighted by Crippen LogP contribution is 2.20. The lowest BCUT2D eigenvalue weighted by molar-refractivity contribution is 1.24. The van der Waals surface area contributed by atoms with E-state index in [1.807, 2.05) is 30.4 Å². The molecule has 0 radical (unpaired) electrons. The minimum atomic E-state index is 0.846. The maximum atomic E-state index is 4.40. The van der Waals surface area contributed by atoms with Gasteiger partial charge in [0.25, 0.3) is 0 Å². The van der Waals surface area contributed by atoms with Crippen molar-refractivity contribution in [2.45, 2.75) is 0 Å². The summed E-state index contributed by atoms with van der Waals surface area (Å²) in [4.78, 5) is 11.7. The van der Waals surface area contributed by atoms with Crippen LogP contribution in [0.15, 0.2) is 36.6 Å². The summed E-state index contributed by atoms with van der Waals surface area (Å²) >= 11 is 0. The van der Waals surface area contributed by atoms with E-state index in [0.717, 1.165) is 22.6 Å². The molecule has 3 nitrogen and oxygen atoms in total. The highest BCUT2D eigenvalue weighted by Gasteiger charge is 2.07.